The predicted octanol–water partition coefficient (Wildman–Crippen LogP) is 2.13. The number of hydrogen-bond donors (Lipinski definition) is 2. The van der Waals surface area contributed by atoms with Crippen LogP contribution in [0.25, 0.3) is 11.3 Å². The first-order valence-corrected chi connectivity index (χ1v) is 7.35. The molecule has 3 rings (SSSR count). The van der Waals surface area contributed by atoms with Crippen LogP contribution in [0.1, 0.15) is 12.8 Å². The number of hydrogen-bond acceptors (Lipinski definition) is 4. The quantitative estimate of drug-likeness (QED) is 0.890. The number of carbonyl (C=O) groups excluding carboxylic acids is 1. The molecule has 1 aromatic heterocycles. The SMILES string of the molecule is O=C(Nc1ccc(-c2ccccc2)nn1)N1CCCC(O)C1. The Labute approximate surface area is 128 Å². The van der Waals surface area contributed by atoms with Gasteiger partial charge in [0.1, 0.15) is 0 Å². The minimum absolute atomic E-state index is 0.250. The van der Waals surface area contributed by atoms with E-state index in [4.69, 9.17) is 0 Å². The zero-order valence-electron chi connectivity index (χ0n) is 12.1. The number of nitrogens with one attached hydrogen (secondary N) is 1. The summed E-state index contributed by atoms with van der Waals surface area (Å²) in [4.78, 5) is 13.7. The maximum Gasteiger partial charge on any atom is 0.323 e. The summed E-state index contributed by atoms with van der Waals surface area (Å²) in [6.07, 6.45) is 1.12. The Hall–Kier alpha value is -2.47. The van der Waals surface area contributed by atoms with Gasteiger partial charge in [0.15, 0.2) is 5.82 Å². The summed E-state index contributed by atoms with van der Waals surface area (Å²) in [5.41, 5.74) is 1.74. The van der Waals surface area contributed by atoms with E-state index in [1.165, 1.54) is 0 Å². The van der Waals surface area contributed by atoms with Crippen LogP contribution in [0.15, 0.2) is 42.5 Å². The fourth-order valence-corrected chi connectivity index (χ4v) is 2.49. The minimum atomic E-state index is -0.439. The summed E-state index contributed by atoms with van der Waals surface area (Å²) in [7, 11) is 0. The molecule has 0 spiro atoms. The van der Waals surface area contributed by atoms with Crippen LogP contribution < -0.4 is 5.32 Å². The van der Waals surface area contributed by atoms with Gasteiger partial charge in [-0.3, -0.25) is 5.32 Å². The molecule has 22 heavy (non-hydrogen) atoms. The summed E-state index contributed by atoms with van der Waals surface area (Å²) < 4.78 is 0. The summed E-state index contributed by atoms with van der Waals surface area (Å²) in [5.74, 6) is 0.407. The third-order valence-corrected chi connectivity index (χ3v) is 3.65. The van der Waals surface area contributed by atoms with E-state index in [9.17, 15) is 9.90 Å². The number of aromatic nitrogens is 2. The molecule has 114 valence electrons. The van der Waals surface area contributed by atoms with E-state index >= 15 is 0 Å². The smallest absolute Gasteiger partial charge is 0.323 e. The van der Waals surface area contributed by atoms with Crippen molar-refractivity contribution in [3.8, 4) is 11.3 Å². The molecule has 1 fully saturated rings. The van der Waals surface area contributed by atoms with Crippen LogP contribution >= 0.6 is 0 Å². The number of carbonyl (C=O) groups is 1. The van der Waals surface area contributed by atoms with Crippen LogP contribution in [0.4, 0.5) is 10.6 Å². The van der Waals surface area contributed by atoms with E-state index in [0.29, 0.717) is 18.9 Å². The highest BCUT2D eigenvalue weighted by Crippen LogP contribution is 2.17. The van der Waals surface area contributed by atoms with Crippen molar-refractivity contribution in [2.45, 2.75) is 18.9 Å². The second-order valence-electron chi connectivity index (χ2n) is 5.34. The lowest BCUT2D eigenvalue weighted by Crippen LogP contribution is -2.44. The Morgan fingerprint density at radius 3 is 2.68 bits per heavy atom. The van der Waals surface area contributed by atoms with Crippen molar-refractivity contribution in [2.75, 3.05) is 18.4 Å². The number of likely N-dealkylation sites (tertiary alicyclic amines) is 1. The summed E-state index contributed by atoms with van der Waals surface area (Å²) in [6, 6.07) is 13.0. The van der Waals surface area contributed by atoms with Crippen molar-refractivity contribution in [2.24, 2.45) is 0 Å². The van der Waals surface area contributed by atoms with E-state index < -0.39 is 6.10 Å². The van der Waals surface area contributed by atoms with Crippen molar-refractivity contribution >= 4 is 11.8 Å². The lowest BCUT2D eigenvalue weighted by Gasteiger charge is -2.29. The highest BCUT2D eigenvalue weighted by Gasteiger charge is 2.22. The molecule has 0 saturated carbocycles. The number of aliphatic hydroxyl groups excluding tert-OH is 1. The first kappa shape index (κ1) is 14.5. The van der Waals surface area contributed by atoms with Gasteiger partial charge < -0.3 is 10.0 Å². The van der Waals surface area contributed by atoms with Gasteiger partial charge >= 0.3 is 6.03 Å². The molecule has 6 heteroatoms. The molecular weight excluding hydrogens is 280 g/mol. The first-order valence-electron chi connectivity index (χ1n) is 7.35. The highest BCUT2D eigenvalue weighted by atomic mass is 16.3. The molecule has 2 aromatic rings. The maximum absolute atomic E-state index is 12.1. The van der Waals surface area contributed by atoms with Crippen molar-refractivity contribution < 1.29 is 9.90 Å². The van der Waals surface area contributed by atoms with Gasteiger partial charge in [-0.25, -0.2) is 4.79 Å². The minimum Gasteiger partial charge on any atom is -0.391 e. The van der Waals surface area contributed by atoms with Gasteiger partial charge in [-0.2, -0.15) is 0 Å². The van der Waals surface area contributed by atoms with Crippen LogP contribution in [-0.4, -0.2) is 45.4 Å². The van der Waals surface area contributed by atoms with Gasteiger partial charge in [-0.05, 0) is 25.0 Å². The monoisotopic (exact) mass is 298 g/mol. The standard InChI is InChI=1S/C16H18N4O2/c21-13-7-4-10-20(11-13)16(22)17-15-9-8-14(18-19-15)12-5-2-1-3-6-12/h1-3,5-6,8-9,13,21H,4,7,10-11H2,(H,17,19,22). The number of β-amino-alcohol motifs (C(OH)–C–C–N with tert-alkyl or cyclic N) is 1. The first-order chi connectivity index (χ1) is 10.7. The van der Waals surface area contributed by atoms with Gasteiger partial charge in [0.25, 0.3) is 0 Å². The molecule has 0 radical (unpaired) electrons. The van der Waals surface area contributed by atoms with E-state index in [-0.39, 0.29) is 6.03 Å². The molecule has 2 N–H and O–H groups in total. The third-order valence-electron chi connectivity index (χ3n) is 3.65. The highest BCUT2D eigenvalue weighted by molar-refractivity contribution is 5.88. The lowest BCUT2D eigenvalue weighted by atomic mass is 10.1. The van der Waals surface area contributed by atoms with Gasteiger partial charge in [-0.1, -0.05) is 30.3 Å². The number of nitrogens with zero attached hydrogens (tertiary/aromatic N) is 3. The Balaban J connectivity index is 1.65. The fourth-order valence-electron chi connectivity index (χ4n) is 2.49. The van der Waals surface area contributed by atoms with Crippen molar-refractivity contribution in [3.63, 3.8) is 0 Å². The van der Waals surface area contributed by atoms with Gasteiger partial charge in [0.05, 0.1) is 11.8 Å². The summed E-state index contributed by atoms with van der Waals surface area (Å²) >= 11 is 0. The second kappa shape index (κ2) is 6.53. The Morgan fingerprint density at radius 2 is 2.00 bits per heavy atom. The molecule has 6 nitrogen and oxygen atoms in total. The lowest BCUT2D eigenvalue weighted by molar-refractivity contribution is 0.0883. The maximum atomic E-state index is 12.1. The largest absolute Gasteiger partial charge is 0.391 e. The Kier molecular flexibility index (Phi) is 4.29. The number of rotatable bonds is 2. The van der Waals surface area contributed by atoms with E-state index in [0.717, 1.165) is 24.1 Å². The number of urea groups is 1. The zero-order chi connectivity index (χ0) is 15.4. The fraction of sp³-hybridized carbons (Fsp3) is 0.312. The molecule has 1 aliphatic rings. The Bertz CT molecular complexity index is 630. The van der Waals surface area contributed by atoms with Crippen molar-refractivity contribution in [1.29, 1.82) is 0 Å². The summed E-state index contributed by atoms with van der Waals surface area (Å²) in [6.45, 7) is 1.01. The van der Waals surface area contributed by atoms with Gasteiger partial charge in [0, 0.05) is 18.7 Å². The van der Waals surface area contributed by atoms with Crippen LogP contribution in [0, 0.1) is 0 Å². The summed E-state index contributed by atoms with van der Waals surface area (Å²) in [5, 5.41) is 20.5. The molecule has 1 aliphatic heterocycles. The van der Waals surface area contributed by atoms with Crippen molar-refractivity contribution in [3.05, 3.63) is 42.5 Å². The molecule has 2 heterocycles. The van der Waals surface area contributed by atoms with Gasteiger partial charge in [0.2, 0.25) is 0 Å². The number of piperidine rings is 1. The molecule has 1 atom stereocenters. The van der Waals surface area contributed by atoms with Crippen LogP contribution in [0.2, 0.25) is 0 Å². The normalized spacial score (nSPS) is 18.0. The molecule has 1 saturated heterocycles. The van der Waals surface area contributed by atoms with E-state index in [1.54, 1.807) is 11.0 Å². The molecule has 0 bridgehead atoms. The average Bonchev–Trinajstić information content (AvgIpc) is 2.56. The number of anilines is 1. The molecule has 1 unspecified atom stereocenters. The molecule has 0 aliphatic carbocycles. The van der Waals surface area contributed by atoms with Crippen LogP contribution in [0.3, 0.4) is 0 Å². The van der Waals surface area contributed by atoms with E-state index in [2.05, 4.69) is 15.5 Å². The number of benzene rings is 1. The zero-order valence-corrected chi connectivity index (χ0v) is 12.1. The second-order valence-corrected chi connectivity index (χ2v) is 5.34. The topological polar surface area (TPSA) is 78.4 Å². The Morgan fingerprint density at radius 1 is 1.18 bits per heavy atom. The van der Waals surface area contributed by atoms with Crippen molar-refractivity contribution in [1.82, 2.24) is 15.1 Å². The third kappa shape index (κ3) is 3.40. The average molecular weight is 298 g/mol. The number of aliphatic hydroxyl groups is 1. The number of amides is 2. The van der Waals surface area contributed by atoms with E-state index in [1.807, 2.05) is 36.4 Å². The van der Waals surface area contributed by atoms with Gasteiger partial charge in [-0.15, -0.1) is 10.2 Å². The van der Waals surface area contributed by atoms with Crippen LogP contribution in [0.5, 0.6) is 0 Å². The predicted molar refractivity (Wildman–Crippen MR) is 83.3 cm³/mol. The molecule has 1 aromatic carbocycles. The van der Waals surface area contributed by atoms with Crippen LogP contribution in [-0.2, 0) is 0 Å². The molecule has 2 amide bonds. The molecular formula is C16H18N4O2.